The largest absolute Gasteiger partial charge is 0.353 e. The van der Waals surface area contributed by atoms with Gasteiger partial charge in [0.15, 0.2) is 0 Å². The predicted octanol–water partition coefficient (Wildman–Crippen LogP) is 3.26. The molecule has 0 aliphatic heterocycles. The highest BCUT2D eigenvalue weighted by Crippen LogP contribution is 2.29. The van der Waals surface area contributed by atoms with E-state index < -0.39 is 0 Å². The number of amides is 1. The minimum absolute atomic E-state index is 0.311. The van der Waals surface area contributed by atoms with Crippen LogP contribution in [0.25, 0.3) is 0 Å². The second-order valence-electron chi connectivity index (χ2n) is 5.81. The first kappa shape index (κ1) is 11.9. The molecule has 2 rings (SSSR count). The fourth-order valence-corrected chi connectivity index (χ4v) is 3.24. The van der Waals surface area contributed by atoms with Crippen LogP contribution in [0, 0.1) is 11.8 Å². The molecule has 0 aromatic heterocycles. The number of rotatable bonds is 2. The Bertz CT molecular complexity index is 233. The van der Waals surface area contributed by atoms with Crippen molar-refractivity contribution in [2.24, 2.45) is 11.8 Å². The molecule has 0 spiro atoms. The van der Waals surface area contributed by atoms with E-state index in [1.807, 2.05) is 0 Å². The molecule has 0 heterocycles. The van der Waals surface area contributed by atoms with Crippen LogP contribution in [0.1, 0.15) is 64.7 Å². The fraction of sp³-hybridized carbons (Fsp3) is 0.929. The molecule has 2 aliphatic carbocycles. The first-order valence-electron chi connectivity index (χ1n) is 7.06. The van der Waals surface area contributed by atoms with E-state index in [9.17, 15) is 4.79 Å². The van der Waals surface area contributed by atoms with Crippen LogP contribution >= 0.6 is 0 Å². The van der Waals surface area contributed by atoms with Crippen LogP contribution in [-0.2, 0) is 4.79 Å². The molecular formula is C14H25NO. The molecule has 0 saturated heterocycles. The van der Waals surface area contributed by atoms with Gasteiger partial charge < -0.3 is 5.32 Å². The van der Waals surface area contributed by atoms with Gasteiger partial charge in [0.1, 0.15) is 0 Å². The Balaban J connectivity index is 1.77. The van der Waals surface area contributed by atoms with Crippen molar-refractivity contribution in [3.8, 4) is 0 Å². The van der Waals surface area contributed by atoms with E-state index in [-0.39, 0.29) is 0 Å². The fourth-order valence-electron chi connectivity index (χ4n) is 3.24. The highest BCUT2D eigenvalue weighted by molar-refractivity contribution is 5.79. The van der Waals surface area contributed by atoms with E-state index in [1.165, 1.54) is 44.9 Å². The van der Waals surface area contributed by atoms with Gasteiger partial charge in [0, 0.05) is 12.0 Å². The Morgan fingerprint density at radius 1 is 1.00 bits per heavy atom. The molecule has 0 radical (unpaired) electrons. The van der Waals surface area contributed by atoms with E-state index in [1.54, 1.807) is 0 Å². The van der Waals surface area contributed by atoms with Gasteiger partial charge in [-0.25, -0.2) is 0 Å². The summed E-state index contributed by atoms with van der Waals surface area (Å²) in [4.78, 5) is 12.1. The third kappa shape index (κ3) is 3.23. The van der Waals surface area contributed by atoms with Crippen molar-refractivity contribution in [1.29, 1.82) is 0 Å². The third-order valence-corrected chi connectivity index (χ3v) is 4.26. The highest BCUT2D eigenvalue weighted by atomic mass is 16.1. The molecule has 16 heavy (non-hydrogen) atoms. The summed E-state index contributed by atoms with van der Waals surface area (Å²) in [6.07, 6.45) is 11.1. The summed E-state index contributed by atoms with van der Waals surface area (Å²) in [7, 11) is 0. The van der Waals surface area contributed by atoms with Crippen molar-refractivity contribution in [1.82, 2.24) is 5.32 Å². The molecule has 2 unspecified atom stereocenters. The number of hydrogen-bond donors (Lipinski definition) is 1. The van der Waals surface area contributed by atoms with Gasteiger partial charge in [0.2, 0.25) is 5.91 Å². The second-order valence-corrected chi connectivity index (χ2v) is 5.81. The molecule has 92 valence electrons. The van der Waals surface area contributed by atoms with E-state index >= 15 is 0 Å². The first-order chi connectivity index (χ1) is 7.75. The topological polar surface area (TPSA) is 29.1 Å². The number of carbonyl (C=O) groups excluding carboxylic acids is 1. The maximum Gasteiger partial charge on any atom is 0.223 e. The van der Waals surface area contributed by atoms with E-state index in [2.05, 4.69) is 12.2 Å². The second kappa shape index (κ2) is 5.70. The van der Waals surface area contributed by atoms with Gasteiger partial charge >= 0.3 is 0 Å². The van der Waals surface area contributed by atoms with Crippen molar-refractivity contribution < 1.29 is 4.79 Å². The zero-order chi connectivity index (χ0) is 11.4. The van der Waals surface area contributed by atoms with Crippen molar-refractivity contribution in [2.45, 2.75) is 70.8 Å². The van der Waals surface area contributed by atoms with Crippen molar-refractivity contribution in [2.75, 3.05) is 0 Å². The molecule has 2 aliphatic rings. The Kier molecular flexibility index (Phi) is 4.25. The summed E-state index contributed by atoms with van der Waals surface area (Å²) >= 11 is 0. The van der Waals surface area contributed by atoms with Gasteiger partial charge in [-0.15, -0.1) is 0 Å². The lowest BCUT2D eigenvalue weighted by molar-refractivity contribution is -0.127. The van der Waals surface area contributed by atoms with Crippen LogP contribution in [0.3, 0.4) is 0 Å². The highest BCUT2D eigenvalue weighted by Gasteiger charge is 2.26. The molecule has 2 atom stereocenters. The Morgan fingerprint density at radius 3 is 2.44 bits per heavy atom. The van der Waals surface area contributed by atoms with E-state index in [0.717, 1.165) is 18.8 Å². The van der Waals surface area contributed by atoms with Crippen LogP contribution in [0.5, 0.6) is 0 Å². The minimum atomic E-state index is 0.311. The Labute approximate surface area is 99.2 Å². The normalized spacial score (nSPS) is 32.3. The molecule has 1 amide bonds. The van der Waals surface area contributed by atoms with Gasteiger partial charge in [-0.2, -0.15) is 0 Å². The number of nitrogens with one attached hydrogen (secondary N) is 1. The van der Waals surface area contributed by atoms with Gasteiger partial charge in [0.25, 0.3) is 0 Å². The average molecular weight is 223 g/mol. The quantitative estimate of drug-likeness (QED) is 0.765. The lowest BCUT2D eigenvalue weighted by Gasteiger charge is -2.29. The van der Waals surface area contributed by atoms with Gasteiger partial charge in [0.05, 0.1) is 0 Å². The summed E-state index contributed by atoms with van der Waals surface area (Å²) in [5.41, 5.74) is 0. The predicted molar refractivity (Wildman–Crippen MR) is 66.1 cm³/mol. The summed E-state index contributed by atoms with van der Waals surface area (Å²) in [6.45, 7) is 2.28. The summed E-state index contributed by atoms with van der Waals surface area (Å²) in [5, 5.41) is 3.27. The molecule has 2 saturated carbocycles. The summed E-state index contributed by atoms with van der Waals surface area (Å²) in [6, 6.07) is 0.485. The SMILES string of the molecule is CC1CCCC(C(=O)NC2CCCCC2)C1. The molecule has 0 aromatic rings. The molecule has 2 fully saturated rings. The monoisotopic (exact) mass is 223 g/mol. The number of hydrogen-bond acceptors (Lipinski definition) is 1. The van der Waals surface area contributed by atoms with Crippen LogP contribution in [-0.4, -0.2) is 11.9 Å². The standard InChI is InChI=1S/C14H25NO/c1-11-6-5-7-12(10-11)14(16)15-13-8-3-2-4-9-13/h11-13H,2-10H2,1H3,(H,15,16). The third-order valence-electron chi connectivity index (χ3n) is 4.26. The van der Waals surface area contributed by atoms with Gasteiger partial charge in [-0.3, -0.25) is 4.79 Å². The molecule has 0 bridgehead atoms. The Hall–Kier alpha value is -0.530. The summed E-state index contributed by atoms with van der Waals surface area (Å²) < 4.78 is 0. The minimum Gasteiger partial charge on any atom is -0.353 e. The van der Waals surface area contributed by atoms with Crippen molar-refractivity contribution >= 4 is 5.91 Å². The molecular weight excluding hydrogens is 198 g/mol. The summed E-state index contributed by atoms with van der Waals surface area (Å²) in [5.74, 6) is 1.40. The van der Waals surface area contributed by atoms with Gasteiger partial charge in [-0.05, 0) is 31.6 Å². The van der Waals surface area contributed by atoms with Crippen LogP contribution < -0.4 is 5.32 Å². The van der Waals surface area contributed by atoms with E-state index in [0.29, 0.717) is 17.9 Å². The smallest absolute Gasteiger partial charge is 0.223 e. The van der Waals surface area contributed by atoms with E-state index in [4.69, 9.17) is 0 Å². The molecule has 2 heteroatoms. The zero-order valence-electron chi connectivity index (χ0n) is 10.5. The Morgan fingerprint density at radius 2 is 1.75 bits per heavy atom. The molecule has 1 N–H and O–H groups in total. The number of carbonyl (C=O) groups is 1. The van der Waals surface area contributed by atoms with Gasteiger partial charge in [-0.1, -0.05) is 39.0 Å². The molecule has 0 aromatic carbocycles. The lowest BCUT2D eigenvalue weighted by Crippen LogP contribution is -2.41. The lowest BCUT2D eigenvalue weighted by atomic mass is 9.81. The molecule has 2 nitrogen and oxygen atoms in total. The maximum atomic E-state index is 12.1. The van der Waals surface area contributed by atoms with Crippen LogP contribution in [0.4, 0.5) is 0 Å². The first-order valence-corrected chi connectivity index (χ1v) is 7.06. The van der Waals surface area contributed by atoms with Crippen LogP contribution in [0.15, 0.2) is 0 Å². The average Bonchev–Trinajstić information content (AvgIpc) is 2.30. The maximum absolute atomic E-state index is 12.1. The van der Waals surface area contributed by atoms with Crippen molar-refractivity contribution in [3.63, 3.8) is 0 Å². The zero-order valence-corrected chi connectivity index (χ0v) is 10.5. The van der Waals surface area contributed by atoms with Crippen molar-refractivity contribution in [3.05, 3.63) is 0 Å². The van der Waals surface area contributed by atoms with Crippen LogP contribution in [0.2, 0.25) is 0 Å².